The molecule has 1 aliphatic rings. The van der Waals surface area contributed by atoms with Crippen LogP contribution in [-0.4, -0.2) is 42.2 Å². The molecule has 1 fully saturated rings. The molecule has 0 bridgehead atoms. The number of aryl methyl sites for hydroxylation is 1. The highest BCUT2D eigenvalue weighted by Crippen LogP contribution is 2.23. The van der Waals surface area contributed by atoms with Gasteiger partial charge in [-0.15, -0.1) is 0 Å². The number of aliphatic hydroxyl groups excluding tert-OH is 1. The van der Waals surface area contributed by atoms with Crippen LogP contribution in [0.1, 0.15) is 42.1 Å². The first kappa shape index (κ1) is 15.8. The van der Waals surface area contributed by atoms with Crippen molar-refractivity contribution in [2.75, 3.05) is 31.6 Å². The van der Waals surface area contributed by atoms with Crippen molar-refractivity contribution < 1.29 is 9.90 Å². The number of amides is 1. The molecule has 1 aromatic rings. The van der Waals surface area contributed by atoms with Crippen molar-refractivity contribution in [3.05, 3.63) is 29.3 Å². The molecular weight excluding hydrogens is 264 g/mol. The maximum Gasteiger partial charge on any atom is 0.255 e. The molecule has 0 radical (unpaired) electrons. The van der Waals surface area contributed by atoms with Crippen molar-refractivity contribution in [1.29, 1.82) is 0 Å². The van der Waals surface area contributed by atoms with Crippen LogP contribution in [-0.2, 0) is 0 Å². The lowest BCUT2D eigenvalue weighted by Gasteiger charge is -2.32. The molecule has 1 aliphatic heterocycles. The van der Waals surface area contributed by atoms with Crippen LogP contribution in [0.4, 0.5) is 5.69 Å². The average molecular weight is 290 g/mol. The first-order chi connectivity index (χ1) is 10.2. The number of rotatable bonds is 5. The highest BCUT2D eigenvalue weighted by Gasteiger charge is 2.25. The molecule has 0 saturated carbocycles. The van der Waals surface area contributed by atoms with Gasteiger partial charge in [0.05, 0.1) is 5.56 Å². The van der Waals surface area contributed by atoms with Gasteiger partial charge >= 0.3 is 0 Å². The second kappa shape index (κ2) is 7.46. The van der Waals surface area contributed by atoms with E-state index in [9.17, 15) is 9.90 Å². The predicted molar refractivity (Wildman–Crippen MR) is 85.7 cm³/mol. The lowest BCUT2D eigenvalue weighted by molar-refractivity contribution is 0.0621. The molecule has 21 heavy (non-hydrogen) atoms. The summed E-state index contributed by atoms with van der Waals surface area (Å²) in [5.41, 5.74) is 2.82. The Kier molecular flexibility index (Phi) is 5.62. The minimum absolute atomic E-state index is 0.0757. The monoisotopic (exact) mass is 290 g/mol. The van der Waals surface area contributed by atoms with Gasteiger partial charge in [0.2, 0.25) is 0 Å². The second-order valence-corrected chi connectivity index (χ2v) is 5.92. The van der Waals surface area contributed by atoms with Gasteiger partial charge < -0.3 is 15.3 Å². The number of nitrogens with one attached hydrogen (secondary N) is 1. The zero-order valence-corrected chi connectivity index (χ0v) is 13.1. The van der Waals surface area contributed by atoms with Crippen LogP contribution < -0.4 is 5.32 Å². The summed E-state index contributed by atoms with van der Waals surface area (Å²) in [6.07, 6.45) is 3.01. The summed E-state index contributed by atoms with van der Waals surface area (Å²) in [7, 11) is 0. The number of benzene rings is 1. The maximum atomic E-state index is 12.8. The van der Waals surface area contributed by atoms with E-state index in [1.807, 2.05) is 30.0 Å². The molecule has 0 aliphatic carbocycles. The summed E-state index contributed by atoms with van der Waals surface area (Å²) >= 11 is 0. The largest absolute Gasteiger partial charge is 0.396 e. The van der Waals surface area contributed by atoms with E-state index in [1.165, 1.54) is 0 Å². The zero-order valence-electron chi connectivity index (χ0n) is 13.1. The van der Waals surface area contributed by atoms with Crippen molar-refractivity contribution >= 4 is 11.6 Å². The fourth-order valence-corrected chi connectivity index (χ4v) is 2.82. The van der Waals surface area contributed by atoms with E-state index in [0.717, 1.165) is 49.2 Å². The van der Waals surface area contributed by atoms with Crippen LogP contribution in [0.25, 0.3) is 0 Å². The summed E-state index contributed by atoms with van der Waals surface area (Å²) in [4.78, 5) is 14.6. The van der Waals surface area contributed by atoms with E-state index in [0.29, 0.717) is 6.54 Å². The van der Waals surface area contributed by atoms with Gasteiger partial charge in [-0.1, -0.05) is 13.0 Å². The summed E-state index contributed by atoms with van der Waals surface area (Å²) in [6, 6.07) is 5.94. The minimum atomic E-state index is 0.0757. The van der Waals surface area contributed by atoms with Gasteiger partial charge in [-0.3, -0.25) is 4.79 Å². The summed E-state index contributed by atoms with van der Waals surface area (Å²) < 4.78 is 0. The molecule has 4 heteroatoms. The van der Waals surface area contributed by atoms with Gasteiger partial charge in [-0.2, -0.15) is 0 Å². The van der Waals surface area contributed by atoms with E-state index < -0.39 is 0 Å². The highest BCUT2D eigenvalue weighted by atomic mass is 16.3. The standard InChI is InChI=1S/C17H26N2O2/c1-3-8-18-16-10-13(2)6-7-15(16)17(21)19-9-4-5-14(11-19)12-20/h6-7,10,14,18,20H,3-5,8-9,11-12H2,1-2H3. The number of likely N-dealkylation sites (tertiary alicyclic amines) is 1. The minimum Gasteiger partial charge on any atom is -0.396 e. The Labute approximate surface area is 127 Å². The molecule has 2 rings (SSSR count). The smallest absolute Gasteiger partial charge is 0.255 e. The van der Waals surface area contributed by atoms with Crippen LogP contribution in [0.3, 0.4) is 0 Å². The van der Waals surface area contributed by atoms with Crippen molar-refractivity contribution in [3.8, 4) is 0 Å². The third-order valence-corrected chi connectivity index (χ3v) is 4.04. The molecule has 0 aromatic heterocycles. The van der Waals surface area contributed by atoms with E-state index in [2.05, 4.69) is 12.2 Å². The number of hydrogen-bond donors (Lipinski definition) is 2. The topological polar surface area (TPSA) is 52.6 Å². The zero-order chi connectivity index (χ0) is 15.2. The molecule has 1 amide bonds. The van der Waals surface area contributed by atoms with Crippen LogP contribution in [0.15, 0.2) is 18.2 Å². The van der Waals surface area contributed by atoms with E-state index in [4.69, 9.17) is 0 Å². The fraction of sp³-hybridized carbons (Fsp3) is 0.588. The molecule has 1 heterocycles. The number of anilines is 1. The fourth-order valence-electron chi connectivity index (χ4n) is 2.82. The first-order valence-corrected chi connectivity index (χ1v) is 7.90. The van der Waals surface area contributed by atoms with Gasteiger partial charge in [0.1, 0.15) is 0 Å². The molecule has 1 aromatic carbocycles. The van der Waals surface area contributed by atoms with Crippen molar-refractivity contribution in [3.63, 3.8) is 0 Å². The predicted octanol–water partition coefficient (Wildman–Crippen LogP) is 2.66. The molecule has 4 nitrogen and oxygen atoms in total. The van der Waals surface area contributed by atoms with Gasteiger partial charge in [0.25, 0.3) is 5.91 Å². The summed E-state index contributed by atoms with van der Waals surface area (Å²) in [6.45, 7) is 6.63. The normalized spacial score (nSPS) is 18.6. The van der Waals surface area contributed by atoms with Crippen LogP contribution in [0.2, 0.25) is 0 Å². The van der Waals surface area contributed by atoms with E-state index >= 15 is 0 Å². The Bertz CT molecular complexity index is 488. The Morgan fingerprint density at radius 2 is 2.29 bits per heavy atom. The second-order valence-electron chi connectivity index (χ2n) is 5.92. The maximum absolute atomic E-state index is 12.8. The van der Waals surface area contributed by atoms with Crippen molar-refractivity contribution in [1.82, 2.24) is 4.90 Å². The number of carbonyl (C=O) groups is 1. The van der Waals surface area contributed by atoms with Gasteiger partial charge in [0.15, 0.2) is 0 Å². The Morgan fingerprint density at radius 3 is 3.00 bits per heavy atom. The van der Waals surface area contributed by atoms with Gasteiger partial charge in [-0.05, 0) is 49.8 Å². The third kappa shape index (κ3) is 3.97. The third-order valence-electron chi connectivity index (χ3n) is 4.04. The highest BCUT2D eigenvalue weighted by molar-refractivity contribution is 5.99. The molecular formula is C17H26N2O2. The molecule has 2 N–H and O–H groups in total. The van der Waals surface area contributed by atoms with Crippen LogP contribution in [0.5, 0.6) is 0 Å². The molecule has 0 spiro atoms. The number of piperidine rings is 1. The summed E-state index contributed by atoms with van der Waals surface area (Å²) in [5, 5.41) is 12.7. The van der Waals surface area contributed by atoms with Gasteiger partial charge in [-0.25, -0.2) is 0 Å². The molecule has 1 unspecified atom stereocenters. The Balaban J connectivity index is 2.17. The Morgan fingerprint density at radius 1 is 1.48 bits per heavy atom. The van der Waals surface area contributed by atoms with E-state index in [-0.39, 0.29) is 18.4 Å². The Hall–Kier alpha value is -1.55. The van der Waals surface area contributed by atoms with Gasteiger partial charge in [0, 0.05) is 31.9 Å². The number of nitrogens with zero attached hydrogens (tertiary/aromatic N) is 1. The molecule has 1 saturated heterocycles. The van der Waals surface area contributed by atoms with Crippen molar-refractivity contribution in [2.24, 2.45) is 5.92 Å². The quantitative estimate of drug-likeness (QED) is 0.876. The average Bonchev–Trinajstić information content (AvgIpc) is 2.52. The SMILES string of the molecule is CCCNc1cc(C)ccc1C(=O)N1CCCC(CO)C1. The lowest BCUT2D eigenvalue weighted by atomic mass is 9.98. The molecule has 116 valence electrons. The van der Waals surface area contributed by atoms with Crippen molar-refractivity contribution in [2.45, 2.75) is 33.1 Å². The molecule has 1 atom stereocenters. The van der Waals surface area contributed by atoms with Crippen LogP contribution in [0, 0.1) is 12.8 Å². The lowest BCUT2D eigenvalue weighted by Crippen LogP contribution is -2.41. The number of carbonyl (C=O) groups excluding carboxylic acids is 1. The number of aliphatic hydroxyl groups is 1. The number of hydrogen-bond acceptors (Lipinski definition) is 3. The van der Waals surface area contributed by atoms with E-state index in [1.54, 1.807) is 0 Å². The first-order valence-electron chi connectivity index (χ1n) is 7.90. The van der Waals surface area contributed by atoms with Crippen LogP contribution >= 0.6 is 0 Å². The summed E-state index contributed by atoms with van der Waals surface area (Å²) in [5.74, 6) is 0.298.